The van der Waals surface area contributed by atoms with Crippen molar-refractivity contribution in [3.63, 3.8) is 0 Å². The lowest BCUT2D eigenvalue weighted by atomic mass is 10.2. The molecule has 1 aromatic heterocycles. The first kappa shape index (κ1) is 17.6. The minimum atomic E-state index is -0.0162. The van der Waals surface area contributed by atoms with Gasteiger partial charge in [0.1, 0.15) is 0 Å². The Morgan fingerprint density at radius 1 is 1.00 bits per heavy atom. The van der Waals surface area contributed by atoms with E-state index in [2.05, 4.69) is 10.2 Å². The molecule has 1 saturated heterocycles. The van der Waals surface area contributed by atoms with Gasteiger partial charge in [-0.05, 0) is 38.1 Å². The number of hydrogen-bond acceptors (Lipinski definition) is 4. The van der Waals surface area contributed by atoms with Crippen LogP contribution in [0.15, 0.2) is 36.4 Å². The lowest BCUT2D eigenvalue weighted by molar-refractivity contribution is -0.117. The lowest BCUT2D eigenvalue weighted by Gasteiger charge is -2.34. The maximum absolute atomic E-state index is 12.4. The molecule has 0 spiro atoms. The maximum atomic E-state index is 12.4. The number of rotatable bonds is 4. The number of carbonyl (C=O) groups excluding carboxylic acids is 2. The van der Waals surface area contributed by atoms with Crippen LogP contribution in [-0.4, -0.2) is 54.3 Å². The average Bonchev–Trinajstić information content (AvgIpc) is 3.03. The zero-order valence-corrected chi connectivity index (χ0v) is 15.4. The monoisotopic (exact) mass is 357 g/mol. The van der Waals surface area contributed by atoms with Gasteiger partial charge in [0.25, 0.3) is 5.91 Å². The van der Waals surface area contributed by atoms with Crippen molar-refractivity contribution in [2.24, 2.45) is 0 Å². The van der Waals surface area contributed by atoms with Gasteiger partial charge in [-0.3, -0.25) is 14.5 Å². The Labute approximate surface area is 152 Å². The predicted octanol–water partition coefficient (Wildman–Crippen LogP) is 2.76. The number of benzene rings is 1. The maximum Gasteiger partial charge on any atom is 0.264 e. The minimum Gasteiger partial charge on any atom is -0.335 e. The molecule has 1 N–H and O–H groups in total. The fourth-order valence-corrected chi connectivity index (χ4v) is 3.69. The normalized spacial score (nSPS) is 15.2. The Kier molecular flexibility index (Phi) is 5.50. The number of amides is 2. The fourth-order valence-electron chi connectivity index (χ4n) is 2.85. The van der Waals surface area contributed by atoms with Crippen molar-refractivity contribution in [2.75, 3.05) is 38.0 Å². The van der Waals surface area contributed by atoms with E-state index in [-0.39, 0.29) is 11.8 Å². The first-order chi connectivity index (χ1) is 12.0. The highest BCUT2D eigenvalue weighted by atomic mass is 32.1. The number of nitrogens with one attached hydrogen (secondary N) is 1. The lowest BCUT2D eigenvalue weighted by Crippen LogP contribution is -2.50. The van der Waals surface area contributed by atoms with E-state index in [1.807, 2.05) is 55.1 Å². The molecule has 6 heteroatoms. The summed E-state index contributed by atoms with van der Waals surface area (Å²) in [6.07, 6.45) is 0. The number of hydrogen-bond donors (Lipinski definition) is 1. The molecule has 0 saturated carbocycles. The summed E-state index contributed by atoms with van der Waals surface area (Å²) < 4.78 is 0. The molecule has 1 aromatic carbocycles. The van der Waals surface area contributed by atoms with Gasteiger partial charge in [-0.25, -0.2) is 0 Å². The molecule has 5 nitrogen and oxygen atoms in total. The Hall–Kier alpha value is -2.18. The molecule has 2 aromatic rings. The summed E-state index contributed by atoms with van der Waals surface area (Å²) in [4.78, 5) is 30.5. The van der Waals surface area contributed by atoms with Crippen LogP contribution in [0.4, 0.5) is 5.69 Å². The number of carbonyl (C=O) groups is 2. The molecule has 25 heavy (non-hydrogen) atoms. The summed E-state index contributed by atoms with van der Waals surface area (Å²) in [5, 5.41) is 2.92. The van der Waals surface area contributed by atoms with Gasteiger partial charge < -0.3 is 10.2 Å². The summed E-state index contributed by atoms with van der Waals surface area (Å²) in [6, 6.07) is 11.6. The van der Waals surface area contributed by atoms with Crippen LogP contribution in [0.5, 0.6) is 0 Å². The fraction of sp³-hybridized carbons (Fsp3) is 0.368. The minimum absolute atomic E-state index is 0.0162. The van der Waals surface area contributed by atoms with Gasteiger partial charge >= 0.3 is 0 Å². The number of anilines is 1. The van der Waals surface area contributed by atoms with Crippen LogP contribution < -0.4 is 5.32 Å². The van der Waals surface area contributed by atoms with E-state index in [4.69, 9.17) is 0 Å². The van der Waals surface area contributed by atoms with Gasteiger partial charge in [-0.2, -0.15) is 0 Å². The van der Waals surface area contributed by atoms with Gasteiger partial charge in [0.2, 0.25) is 5.91 Å². The summed E-state index contributed by atoms with van der Waals surface area (Å²) in [5.74, 6) is 0.0827. The third-order valence-electron chi connectivity index (χ3n) is 4.31. The molecule has 132 valence electrons. The van der Waals surface area contributed by atoms with Crippen molar-refractivity contribution >= 4 is 28.8 Å². The van der Waals surface area contributed by atoms with Crippen molar-refractivity contribution in [1.82, 2.24) is 9.80 Å². The van der Waals surface area contributed by atoms with Crippen LogP contribution in [0.2, 0.25) is 0 Å². The Bertz CT molecular complexity index is 746. The van der Waals surface area contributed by atoms with E-state index in [1.54, 1.807) is 0 Å². The summed E-state index contributed by atoms with van der Waals surface area (Å²) in [6.45, 7) is 7.14. The van der Waals surface area contributed by atoms with E-state index in [0.29, 0.717) is 19.6 Å². The van der Waals surface area contributed by atoms with E-state index in [0.717, 1.165) is 28.5 Å². The molecule has 2 amide bonds. The van der Waals surface area contributed by atoms with Gasteiger partial charge in [-0.1, -0.05) is 17.7 Å². The van der Waals surface area contributed by atoms with E-state index in [9.17, 15) is 9.59 Å². The first-order valence-corrected chi connectivity index (χ1v) is 9.27. The zero-order chi connectivity index (χ0) is 17.8. The Morgan fingerprint density at radius 3 is 2.28 bits per heavy atom. The van der Waals surface area contributed by atoms with Crippen LogP contribution in [0, 0.1) is 13.8 Å². The molecular formula is C19H23N3O2S. The van der Waals surface area contributed by atoms with Gasteiger partial charge in [-0.15, -0.1) is 11.3 Å². The van der Waals surface area contributed by atoms with Crippen LogP contribution >= 0.6 is 11.3 Å². The van der Waals surface area contributed by atoms with Crippen molar-refractivity contribution in [1.29, 1.82) is 0 Å². The molecule has 1 aliphatic rings. The molecule has 3 rings (SSSR count). The van der Waals surface area contributed by atoms with Crippen LogP contribution in [-0.2, 0) is 4.79 Å². The molecule has 1 fully saturated rings. The van der Waals surface area contributed by atoms with Gasteiger partial charge in [0.15, 0.2) is 0 Å². The quantitative estimate of drug-likeness (QED) is 0.915. The van der Waals surface area contributed by atoms with Gasteiger partial charge in [0, 0.05) is 36.7 Å². The highest BCUT2D eigenvalue weighted by molar-refractivity contribution is 7.13. The highest BCUT2D eigenvalue weighted by Gasteiger charge is 2.24. The molecule has 0 aliphatic carbocycles. The van der Waals surface area contributed by atoms with Crippen molar-refractivity contribution in [3.8, 4) is 0 Å². The summed E-state index contributed by atoms with van der Waals surface area (Å²) in [7, 11) is 0. The summed E-state index contributed by atoms with van der Waals surface area (Å²) >= 11 is 1.53. The Balaban J connectivity index is 1.46. The molecule has 2 heterocycles. The van der Waals surface area contributed by atoms with E-state index >= 15 is 0 Å². The summed E-state index contributed by atoms with van der Waals surface area (Å²) in [5.41, 5.74) is 1.98. The molecule has 1 aliphatic heterocycles. The SMILES string of the molecule is Cc1ccc(NC(=O)CN2CCN(C(=O)c3ccc(C)s3)CC2)cc1. The zero-order valence-electron chi connectivity index (χ0n) is 14.6. The standard InChI is InChI=1S/C19H23N3O2S/c1-14-3-6-16(7-4-14)20-18(23)13-21-9-11-22(12-10-21)19(24)17-8-5-15(2)25-17/h3-8H,9-13H2,1-2H3,(H,20,23). The topological polar surface area (TPSA) is 52.7 Å². The highest BCUT2D eigenvalue weighted by Crippen LogP contribution is 2.18. The van der Waals surface area contributed by atoms with Crippen LogP contribution in [0.1, 0.15) is 20.1 Å². The largest absolute Gasteiger partial charge is 0.335 e. The molecule has 0 atom stereocenters. The second-order valence-corrected chi connectivity index (χ2v) is 7.68. The number of aryl methyl sites for hydroxylation is 2. The Morgan fingerprint density at radius 2 is 1.68 bits per heavy atom. The van der Waals surface area contributed by atoms with Crippen LogP contribution in [0.3, 0.4) is 0 Å². The second-order valence-electron chi connectivity index (χ2n) is 6.39. The molecule has 0 bridgehead atoms. The van der Waals surface area contributed by atoms with Crippen molar-refractivity contribution in [3.05, 3.63) is 51.7 Å². The molecule has 0 radical (unpaired) electrons. The van der Waals surface area contributed by atoms with Gasteiger partial charge in [0.05, 0.1) is 11.4 Å². The number of nitrogens with zero attached hydrogens (tertiary/aromatic N) is 2. The number of thiophene rings is 1. The first-order valence-electron chi connectivity index (χ1n) is 8.46. The smallest absolute Gasteiger partial charge is 0.264 e. The third-order valence-corrected chi connectivity index (χ3v) is 5.30. The second kappa shape index (κ2) is 7.80. The van der Waals surface area contributed by atoms with Crippen molar-refractivity contribution in [2.45, 2.75) is 13.8 Å². The average molecular weight is 357 g/mol. The van der Waals surface area contributed by atoms with E-state index < -0.39 is 0 Å². The van der Waals surface area contributed by atoms with Crippen LogP contribution in [0.25, 0.3) is 0 Å². The predicted molar refractivity (Wildman–Crippen MR) is 101 cm³/mol. The number of piperazine rings is 1. The molecule has 0 unspecified atom stereocenters. The van der Waals surface area contributed by atoms with Crippen molar-refractivity contribution < 1.29 is 9.59 Å². The third kappa shape index (κ3) is 4.67. The van der Waals surface area contributed by atoms with E-state index in [1.165, 1.54) is 16.9 Å². The molecular weight excluding hydrogens is 334 g/mol.